The molecule has 0 aromatic heterocycles. The molecule has 25 heavy (non-hydrogen) atoms. The number of rotatable bonds is 5. The lowest BCUT2D eigenvalue weighted by Gasteiger charge is -2.32. The van der Waals surface area contributed by atoms with E-state index in [1.165, 1.54) is 0 Å². The van der Waals surface area contributed by atoms with Gasteiger partial charge in [0.2, 0.25) is 5.91 Å². The van der Waals surface area contributed by atoms with Crippen molar-refractivity contribution in [1.29, 1.82) is 0 Å². The number of hydrogen-bond acceptors (Lipinski definition) is 4. The Morgan fingerprint density at radius 2 is 1.84 bits per heavy atom. The third-order valence-electron chi connectivity index (χ3n) is 5.66. The van der Waals surface area contributed by atoms with Crippen molar-refractivity contribution in [3.05, 3.63) is 23.8 Å². The van der Waals surface area contributed by atoms with E-state index in [2.05, 4.69) is 0 Å². The van der Waals surface area contributed by atoms with E-state index >= 15 is 0 Å². The molecule has 0 radical (unpaired) electrons. The lowest BCUT2D eigenvalue weighted by atomic mass is 9.78. The Morgan fingerprint density at radius 3 is 2.36 bits per heavy atom. The Balaban J connectivity index is 1.82. The quantitative estimate of drug-likeness (QED) is 0.768. The summed E-state index contributed by atoms with van der Waals surface area (Å²) in [6, 6.07) is 6.21. The Morgan fingerprint density at radius 1 is 1.24 bits per heavy atom. The van der Waals surface area contributed by atoms with Crippen LogP contribution in [0.5, 0.6) is 5.75 Å². The van der Waals surface area contributed by atoms with E-state index < -0.39 is 7.12 Å². The largest absolute Gasteiger partial charge is 0.496 e. The van der Waals surface area contributed by atoms with Crippen molar-refractivity contribution in [2.75, 3.05) is 14.2 Å². The maximum absolute atomic E-state index is 12.5. The third-order valence-corrected chi connectivity index (χ3v) is 5.66. The number of carbonyl (C=O) groups excluding carboxylic acids is 1. The van der Waals surface area contributed by atoms with Crippen molar-refractivity contribution in [2.24, 2.45) is 0 Å². The molecule has 1 aliphatic heterocycles. The molecule has 0 N–H and O–H groups in total. The first-order chi connectivity index (χ1) is 11.6. The van der Waals surface area contributed by atoms with Crippen LogP contribution in [0.15, 0.2) is 18.2 Å². The minimum Gasteiger partial charge on any atom is -0.496 e. The van der Waals surface area contributed by atoms with Gasteiger partial charge in [-0.2, -0.15) is 0 Å². The van der Waals surface area contributed by atoms with Gasteiger partial charge in [-0.25, -0.2) is 0 Å². The van der Waals surface area contributed by atoms with Gasteiger partial charge >= 0.3 is 7.12 Å². The average molecular weight is 345 g/mol. The number of likely N-dealkylation sites (N-methyl/N-ethyl adjacent to an activating group) is 1. The number of benzene rings is 1. The summed E-state index contributed by atoms with van der Waals surface area (Å²) in [5, 5.41) is 0. The molecule has 136 valence electrons. The molecule has 6 heteroatoms. The first-order valence-corrected chi connectivity index (χ1v) is 8.93. The summed E-state index contributed by atoms with van der Waals surface area (Å²) in [4.78, 5) is 14.4. The monoisotopic (exact) mass is 345 g/mol. The van der Waals surface area contributed by atoms with Gasteiger partial charge in [-0.15, -0.1) is 0 Å². The molecule has 0 atom stereocenters. The first kappa shape index (κ1) is 18.3. The fourth-order valence-electron chi connectivity index (χ4n) is 3.02. The molecule has 1 amide bonds. The van der Waals surface area contributed by atoms with Crippen LogP contribution in [-0.2, 0) is 20.5 Å². The van der Waals surface area contributed by atoms with Crippen LogP contribution in [0, 0.1) is 0 Å². The van der Waals surface area contributed by atoms with Crippen LogP contribution in [-0.4, -0.2) is 49.3 Å². The molecule has 1 aromatic carbocycles. The predicted octanol–water partition coefficient (Wildman–Crippen LogP) is 2.16. The highest BCUT2D eigenvalue weighted by atomic mass is 16.7. The molecular formula is C19H28BNO4. The molecule has 1 aliphatic carbocycles. The number of methoxy groups -OCH3 is 1. The molecule has 2 aliphatic rings. The molecule has 3 rings (SSSR count). The SMILES string of the molecule is COc1ccc(B2OC(C)(C)C(C)(C)O2)cc1CC(=O)N(C)C1CC1. The van der Waals surface area contributed by atoms with Crippen LogP contribution in [0.1, 0.15) is 46.1 Å². The Hall–Kier alpha value is -1.53. The van der Waals surface area contributed by atoms with Crippen LogP contribution in [0.4, 0.5) is 0 Å². The van der Waals surface area contributed by atoms with Gasteiger partial charge in [0, 0.05) is 18.7 Å². The van der Waals surface area contributed by atoms with E-state index in [1.807, 2.05) is 57.8 Å². The highest BCUT2D eigenvalue weighted by Gasteiger charge is 2.51. The van der Waals surface area contributed by atoms with Crippen LogP contribution in [0.25, 0.3) is 0 Å². The van der Waals surface area contributed by atoms with Crippen molar-refractivity contribution >= 4 is 18.5 Å². The minimum atomic E-state index is -0.439. The predicted molar refractivity (Wildman–Crippen MR) is 98.2 cm³/mol. The standard InChI is InChI=1S/C19H28BNO4/c1-18(2)19(3,4)25-20(24-18)14-7-10-16(23-6)13(11-14)12-17(22)21(5)15-8-9-15/h7,10-11,15H,8-9,12H2,1-6H3. The molecule has 0 unspecified atom stereocenters. The topological polar surface area (TPSA) is 48.0 Å². The Labute approximate surface area is 150 Å². The lowest BCUT2D eigenvalue weighted by molar-refractivity contribution is -0.129. The van der Waals surface area contributed by atoms with Gasteiger partial charge in [0.15, 0.2) is 0 Å². The second-order valence-electron chi connectivity index (χ2n) is 8.07. The van der Waals surface area contributed by atoms with Gasteiger partial charge < -0.3 is 18.9 Å². The molecule has 0 spiro atoms. The van der Waals surface area contributed by atoms with Crippen LogP contribution in [0.2, 0.25) is 0 Å². The highest BCUT2D eigenvalue weighted by Crippen LogP contribution is 2.36. The minimum absolute atomic E-state index is 0.117. The maximum Gasteiger partial charge on any atom is 0.494 e. The fourth-order valence-corrected chi connectivity index (χ4v) is 3.02. The lowest BCUT2D eigenvalue weighted by Crippen LogP contribution is -2.41. The van der Waals surface area contributed by atoms with Crippen molar-refractivity contribution in [3.8, 4) is 5.75 Å². The summed E-state index contributed by atoms with van der Waals surface area (Å²) in [6.45, 7) is 8.13. The van der Waals surface area contributed by atoms with Crippen LogP contribution < -0.4 is 10.2 Å². The van der Waals surface area contributed by atoms with Crippen molar-refractivity contribution < 1.29 is 18.8 Å². The zero-order valence-corrected chi connectivity index (χ0v) is 16.1. The van der Waals surface area contributed by atoms with Gasteiger partial charge in [0.25, 0.3) is 0 Å². The number of carbonyl (C=O) groups is 1. The van der Waals surface area contributed by atoms with Crippen LogP contribution >= 0.6 is 0 Å². The van der Waals surface area contributed by atoms with Gasteiger partial charge in [0.1, 0.15) is 5.75 Å². The molecule has 2 fully saturated rings. The van der Waals surface area contributed by atoms with Crippen LogP contribution in [0.3, 0.4) is 0 Å². The number of hydrogen-bond donors (Lipinski definition) is 0. The van der Waals surface area contributed by atoms with Gasteiger partial charge in [-0.1, -0.05) is 12.1 Å². The average Bonchev–Trinajstić information content (AvgIpc) is 3.34. The normalized spacial score (nSPS) is 21.3. The fraction of sp³-hybridized carbons (Fsp3) is 0.632. The molecular weight excluding hydrogens is 317 g/mol. The zero-order valence-electron chi connectivity index (χ0n) is 16.1. The van der Waals surface area contributed by atoms with E-state index in [1.54, 1.807) is 7.11 Å². The van der Waals surface area contributed by atoms with Gasteiger partial charge in [-0.05, 0) is 52.1 Å². The second kappa shape index (κ2) is 6.33. The zero-order chi connectivity index (χ0) is 18.4. The van der Waals surface area contributed by atoms with E-state index in [9.17, 15) is 4.79 Å². The van der Waals surface area contributed by atoms with E-state index in [0.29, 0.717) is 12.5 Å². The van der Waals surface area contributed by atoms with E-state index in [-0.39, 0.29) is 17.1 Å². The summed E-state index contributed by atoms with van der Waals surface area (Å²) in [7, 11) is 3.07. The summed E-state index contributed by atoms with van der Waals surface area (Å²) in [6.07, 6.45) is 2.53. The molecule has 1 heterocycles. The third kappa shape index (κ3) is 3.56. The molecule has 1 aromatic rings. The van der Waals surface area contributed by atoms with Gasteiger partial charge in [0.05, 0.1) is 24.7 Å². The summed E-state index contributed by atoms with van der Waals surface area (Å²) in [5.74, 6) is 0.838. The Bertz CT molecular complexity index is 653. The van der Waals surface area contributed by atoms with Gasteiger partial charge in [-0.3, -0.25) is 4.79 Å². The Kier molecular flexibility index (Phi) is 4.62. The molecule has 0 bridgehead atoms. The molecule has 1 saturated carbocycles. The molecule has 1 saturated heterocycles. The van der Waals surface area contributed by atoms with E-state index in [4.69, 9.17) is 14.0 Å². The smallest absolute Gasteiger partial charge is 0.494 e. The summed E-state index contributed by atoms with van der Waals surface area (Å²) in [5.41, 5.74) is 1.00. The summed E-state index contributed by atoms with van der Waals surface area (Å²) >= 11 is 0. The first-order valence-electron chi connectivity index (χ1n) is 8.93. The van der Waals surface area contributed by atoms with Crippen molar-refractivity contribution in [2.45, 2.75) is 64.2 Å². The maximum atomic E-state index is 12.5. The molecule has 5 nitrogen and oxygen atoms in total. The summed E-state index contributed by atoms with van der Waals surface area (Å²) < 4.78 is 17.7. The number of amides is 1. The second-order valence-corrected chi connectivity index (χ2v) is 8.07. The van der Waals surface area contributed by atoms with Crippen molar-refractivity contribution in [3.63, 3.8) is 0 Å². The van der Waals surface area contributed by atoms with Crippen molar-refractivity contribution in [1.82, 2.24) is 4.90 Å². The van der Waals surface area contributed by atoms with E-state index in [0.717, 1.165) is 29.6 Å². The number of nitrogens with zero attached hydrogens (tertiary/aromatic N) is 1. The number of ether oxygens (including phenoxy) is 1. The highest BCUT2D eigenvalue weighted by molar-refractivity contribution is 6.62.